The zero-order chi connectivity index (χ0) is 27.1. The molecule has 1 aromatic heterocycles. The van der Waals surface area contributed by atoms with E-state index in [1.807, 2.05) is 0 Å². The van der Waals surface area contributed by atoms with Crippen molar-refractivity contribution in [3.8, 4) is 0 Å². The van der Waals surface area contributed by atoms with E-state index < -0.39 is 39.0 Å². The number of nitrogen functional groups attached to an aromatic ring is 1. The molecule has 15 heteroatoms. The van der Waals surface area contributed by atoms with Crippen LogP contribution in [0.3, 0.4) is 0 Å². The van der Waals surface area contributed by atoms with Crippen LogP contribution in [0.5, 0.6) is 0 Å². The van der Waals surface area contributed by atoms with Crippen LogP contribution in [0.2, 0.25) is 0 Å². The summed E-state index contributed by atoms with van der Waals surface area (Å²) in [4.78, 5) is 48.2. The predicted octanol–water partition coefficient (Wildman–Crippen LogP) is 0.769. The maximum Gasteiger partial charge on any atom is 0.352 e. The number of fused-ring (bicyclic) bond motifs is 1. The van der Waals surface area contributed by atoms with Crippen molar-refractivity contribution in [1.29, 1.82) is 0 Å². The molecule has 1 aromatic carbocycles. The van der Waals surface area contributed by atoms with Gasteiger partial charge >= 0.3 is 5.97 Å². The number of β-lactam (4-membered cyclic amide) rings is 1. The monoisotopic (exact) mass is 565 g/mol. The molecule has 0 bridgehead atoms. The lowest BCUT2D eigenvalue weighted by Crippen LogP contribution is -2.71. The quantitative estimate of drug-likeness (QED) is 0.235. The number of carboxylic acid groups (broad SMARTS) is 1. The average molecular weight is 566 g/mol. The van der Waals surface area contributed by atoms with Gasteiger partial charge in [-0.3, -0.25) is 14.5 Å². The SMILES string of the molecule is CO/N=C(\C(=O)N[C@@H]1C(=O)N2C(C(=O)O)=C(Cc3ccc(S(C)(=O)=O)cc3C)CS[C@H]12)c1csc(N)n1. The van der Waals surface area contributed by atoms with Crippen molar-refractivity contribution >= 4 is 61.6 Å². The minimum atomic E-state index is -3.38. The number of sulfone groups is 1. The van der Waals surface area contributed by atoms with Crippen LogP contribution in [0.25, 0.3) is 0 Å². The van der Waals surface area contributed by atoms with Gasteiger partial charge in [-0.15, -0.1) is 23.1 Å². The first-order valence-corrected chi connectivity index (χ1v) is 14.6. The Kier molecular flexibility index (Phi) is 7.30. The molecule has 2 atom stereocenters. The van der Waals surface area contributed by atoms with Crippen LogP contribution in [0.15, 0.2) is 44.9 Å². The highest BCUT2D eigenvalue weighted by molar-refractivity contribution is 8.00. The second kappa shape index (κ2) is 10.1. The maximum absolute atomic E-state index is 13.0. The largest absolute Gasteiger partial charge is 0.477 e. The zero-order valence-electron chi connectivity index (χ0n) is 19.9. The zero-order valence-corrected chi connectivity index (χ0v) is 22.4. The summed E-state index contributed by atoms with van der Waals surface area (Å²) < 4.78 is 23.7. The van der Waals surface area contributed by atoms with Gasteiger partial charge in [-0.2, -0.15) is 0 Å². The van der Waals surface area contributed by atoms with Gasteiger partial charge in [0.2, 0.25) is 0 Å². The number of oxime groups is 1. The molecule has 1 saturated heterocycles. The van der Waals surface area contributed by atoms with Crippen molar-refractivity contribution in [1.82, 2.24) is 15.2 Å². The summed E-state index contributed by atoms with van der Waals surface area (Å²) in [5.41, 5.74) is 7.49. The highest BCUT2D eigenvalue weighted by atomic mass is 32.2. The van der Waals surface area contributed by atoms with Crippen LogP contribution < -0.4 is 11.1 Å². The molecular weight excluding hydrogens is 542 g/mol. The van der Waals surface area contributed by atoms with Gasteiger partial charge in [0.15, 0.2) is 20.7 Å². The number of aromatic nitrogens is 1. The Labute approximate surface area is 220 Å². The van der Waals surface area contributed by atoms with Gasteiger partial charge in [0, 0.05) is 17.4 Å². The van der Waals surface area contributed by atoms with Crippen molar-refractivity contribution < 1.29 is 32.7 Å². The Bertz CT molecular complexity index is 1460. The summed E-state index contributed by atoms with van der Waals surface area (Å²) in [6, 6.07) is 3.70. The van der Waals surface area contributed by atoms with Crippen molar-refractivity contribution in [2.75, 3.05) is 24.9 Å². The molecule has 2 amide bonds. The Morgan fingerprint density at radius 3 is 2.68 bits per heavy atom. The summed E-state index contributed by atoms with van der Waals surface area (Å²) in [5.74, 6) is -2.24. The van der Waals surface area contributed by atoms with Crippen molar-refractivity contribution in [2.24, 2.45) is 5.16 Å². The molecule has 0 radical (unpaired) electrons. The molecule has 0 saturated carbocycles. The average Bonchev–Trinajstić information content (AvgIpc) is 3.26. The molecule has 2 aliphatic rings. The molecule has 37 heavy (non-hydrogen) atoms. The van der Waals surface area contributed by atoms with Gasteiger partial charge in [0.1, 0.15) is 29.9 Å². The number of nitrogens with zero attached hydrogens (tertiary/aromatic N) is 3. The molecule has 0 spiro atoms. The van der Waals surface area contributed by atoms with Crippen LogP contribution >= 0.6 is 23.1 Å². The van der Waals surface area contributed by atoms with Gasteiger partial charge in [-0.25, -0.2) is 18.2 Å². The topological polar surface area (TPSA) is 181 Å². The van der Waals surface area contributed by atoms with Crippen LogP contribution in [0, 0.1) is 6.92 Å². The van der Waals surface area contributed by atoms with Crippen molar-refractivity contribution in [3.05, 3.63) is 51.7 Å². The number of thiazole rings is 1. The molecule has 0 aliphatic carbocycles. The van der Waals surface area contributed by atoms with E-state index in [2.05, 4.69) is 15.5 Å². The lowest BCUT2D eigenvalue weighted by Gasteiger charge is -2.49. The van der Waals surface area contributed by atoms with Gasteiger partial charge in [-0.05, 0) is 42.2 Å². The number of thioether (sulfide) groups is 1. The number of hydrogen-bond acceptors (Lipinski definition) is 11. The normalized spacial score (nSPS) is 19.8. The first kappa shape index (κ1) is 26.6. The number of aryl methyl sites for hydroxylation is 1. The number of nitrogens with one attached hydrogen (secondary N) is 1. The lowest BCUT2D eigenvalue weighted by atomic mass is 9.97. The first-order valence-electron chi connectivity index (χ1n) is 10.7. The highest BCUT2D eigenvalue weighted by Crippen LogP contribution is 2.41. The number of anilines is 1. The number of carbonyl (C=O) groups is 3. The number of carboxylic acids is 1. The second-order valence-electron chi connectivity index (χ2n) is 8.35. The summed E-state index contributed by atoms with van der Waals surface area (Å²) in [6.07, 6.45) is 1.35. The number of benzene rings is 1. The fourth-order valence-electron chi connectivity index (χ4n) is 4.05. The third-order valence-electron chi connectivity index (χ3n) is 5.84. The number of amides is 2. The molecule has 2 aliphatic heterocycles. The second-order valence-corrected chi connectivity index (χ2v) is 12.4. The molecule has 4 rings (SSSR count). The van der Waals surface area contributed by atoms with Crippen molar-refractivity contribution in [3.63, 3.8) is 0 Å². The minimum Gasteiger partial charge on any atom is -0.477 e. The van der Waals surface area contributed by atoms with E-state index in [4.69, 9.17) is 10.6 Å². The van der Waals surface area contributed by atoms with Gasteiger partial charge < -0.3 is 21.0 Å². The van der Waals surface area contributed by atoms with Crippen LogP contribution in [-0.4, -0.2) is 77.4 Å². The third-order valence-corrected chi connectivity index (χ3v) is 8.97. The fraction of sp³-hybridized carbons (Fsp3) is 0.318. The molecule has 3 heterocycles. The van der Waals surface area contributed by atoms with Crippen LogP contribution in [0.1, 0.15) is 16.8 Å². The molecular formula is C22H23N5O7S3. The standard InChI is InChI=1S/C22H23N5O7S3/c1-10-6-13(37(3,32)33)5-4-11(10)7-12-8-35-20-16(19(29)27(20)17(12)21(30)31)25-18(28)15(26-34-2)14-9-36-22(23)24-14/h4-6,9,16,20H,7-8H2,1-3H3,(H2,23,24)(H,25,28)(H,30,31)/b26-15-/t16-,20-/m1/s1. The van der Waals surface area contributed by atoms with Crippen LogP contribution in [-0.2, 0) is 35.5 Å². The number of carbonyl (C=O) groups excluding carboxylic acids is 2. The Balaban J connectivity index is 1.55. The summed E-state index contributed by atoms with van der Waals surface area (Å²) in [7, 11) is -2.12. The maximum atomic E-state index is 13.0. The number of hydrogen-bond donors (Lipinski definition) is 3. The summed E-state index contributed by atoms with van der Waals surface area (Å²) in [5, 5.41) is 17.4. The van der Waals surface area contributed by atoms with E-state index in [9.17, 15) is 27.9 Å². The summed E-state index contributed by atoms with van der Waals surface area (Å²) >= 11 is 2.43. The van der Waals surface area contributed by atoms with Gasteiger partial charge in [-0.1, -0.05) is 11.2 Å². The van der Waals surface area contributed by atoms with E-state index in [0.29, 0.717) is 16.9 Å². The molecule has 1 fully saturated rings. The number of aliphatic carboxylic acids is 1. The van der Waals surface area contributed by atoms with Gasteiger partial charge in [0.05, 0.1) is 4.90 Å². The smallest absolute Gasteiger partial charge is 0.352 e. The third kappa shape index (κ3) is 5.19. The lowest BCUT2D eigenvalue weighted by molar-refractivity contribution is -0.150. The Morgan fingerprint density at radius 1 is 1.38 bits per heavy atom. The molecule has 2 aromatic rings. The van der Waals surface area contributed by atoms with E-state index >= 15 is 0 Å². The van der Waals surface area contributed by atoms with E-state index in [1.165, 1.54) is 35.2 Å². The predicted molar refractivity (Wildman–Crippen MR) is 138 cm³/mol. The molecule has 12 nitrogen and oxygen atoms in total. The van der Waals surface area contributed by atoms with Crippen LogP contribution in [0.4, 0.5) is 5.13 Å². The number of nitrogens with two attached hydrogens (primary N) is 1. The molecule has 0 unspecified atom stereocenters. The highest BCUT2D eigenvalue weighted by Gasteiger charge is 2.54. The number of rotatable bonds is 8. The fourth-order valence-corrected chi connectivity index (χ4v) is 6.65. The van der Waals surface area contributed by atoms with Gasteiger partial charge in [0.25, 0.3) is 11.8 Å². The first-order chi connectivity index (χ1) is 17.4. The van der Waals surface area contributed by atoms with E-state index in [1.54, 1.807) is 19.1 Å². The van der Waals surface area contributed by atoms with E-state index in [0.717, 1.165) is 23.2 Å². The summed E-state index contributed by atoms with van der Waals surface area (Å²) in [6.45, 7) is 1.75. The Morgan fingerprint density at radius 2 is 2.11 bits per heavy atom. The van der Waals surface area contributed by atoms with E-state index in [-0.39, 0.29) is 33.6 Å². The van der Waals surface area contributed by atoms with Crippen molar-refractivity contribution in [2.45, 2.75) is 29.7 Å². The molecule has 4 N–H and O–H groups in total. The Hall–Kier alpha value is -3.43. The molecule has 196 valence electrons. The minimum absolute atomic E-state index is 0.135.